The molecular formula is C26H33F3N8O2. The van der Waals surface area contributed by atoms with Crippen LogP contribution in [0.3, 0.4) is 0 Å². The Bertz CT molecular complexity index is 1330. The molecule has 0 unspecified atom stereocenters. The van der Waals surface area contributed by atoms with Crippen molar-refractivity contribution in [1.82, 2.24) is 29.7 Å². The number of piperidine rings is 1. The summed E-state index contributed by atoms with van der Waals surface area (Å²) in [4.78, 5) is 31.2. The Hall–Kier alpha value is -3.58. The number of H-pyrrole nitrogens is 1. The number of aromatic amines is 1. The van der Waals surface area contributed by atoms with Crippen LogP contribution in [-0.2, 0) is 6.18 Å². The van der Waals surface area contributed by atoms with Crippen LogP contribution < -0.4 is 15.4 Å². The van der Waals surface area contributed by atoms with E-state index < -0.39 is 11.7 Å². The minimum atomic E-state index is -4.52. The third-order valence-electron chi connectivity index (χ3n) is 7.59. The number of aromatic nitrogens is 3. The molecule has 0 atom stereocenters. The van der Waals surface area contributed by atoms with Gasteiger partial charge in [-0.05, 0) is 26.0 Å². The number of nitrogens with zero attached hydrogens (tertiary/aromatic N) is 5. The van der Waals surface area contributed by atoms with Gasteiger partial charge in [-0.15, -0.1) is 0 Å². The van der Waals surface area contributed by atoms with E-state index in [1.807, 2.05) is 4.90 Å². The van der Waals surface area contributed by atoms with Gasteiger partial charge in [0.25, 0.3) is 5.91 Å². The predicted octanol–water partition coefficient (Wildman–Crippen LogP) is 3.62. The Labute approximate surface area is 224 Å². The van der Waals surface area contributed by atoms with Gasteiger partial charge in [-0.1, -0.05) is 0 Å². The smallest absolute Gasteiger partial charge is 0.418 e. The summed E-state index contributed by atoms with van der Waals surface area (Å²) in [5.74, 6) is 0.772. The summed E-state index contributed by atoms with van der Waals surface area (Å²) in [5.41, 5.74) is -0.0646. The fourth-order valence-corrected chi connectivity index (χ4v) is 5.36. The first-order valence-electron chi connectivity index (χ1n) is 13.0. The molecule has 0 spiro atoms. The largest absolute Gasteiger partial charge is 0.493 e. The number of fused-ring (bicyclic) bond motifs is 1. The van der Waals surface area contributed by atoms with E-state index in [-0.39, 0.29) is 28.4 Å². The summed E-state index contributed by atoms with van der Waals surface area (Å²) in [5, 5.41) is 5.76. The van der Waals surface area contributed by atoms with Crippen LogP contribution in [0.15, 0.2) is 24.5 Å². The van der Waals surface area contributed by atoms with Crippen LogP contribution in [0.5, 0.6) is 5.75 Å². The number of carbonyl (C=O) groups excluding carboxylic acids is 1. The van der Waals surface area contributed by atoms with Crippen molar-refractivity contribution in [1.29, 1.82) is 0 Å². The molecule has 3 aromatic heterocycles. The molecule has 13 heteroatoms. The van der Waals surface area contributed by atoms with E-state index in [0.717, 1.165) is 45.2 Å². The van der Waals surface area contributed by atoms with Crippen LogP contribution in [0.1, 0.15) is 28.8 Å². The minimum absolute atomic E-state index is 0.0483. The topological polar surface area (TPSA) is 102 Å². The quantitative estimate of drug-likeness (QED) is 0.431. The number of hydrogen-bond acceptors (Lipinski definition) is 8. The molecule has 2 fully saturated rings. The molecule has 2 aliphatic rings. The van der Waals surface area contributed by atoms with E-state index in [2.05, 4.69) is 42.4 Å². The monoisotopic (exact) mass is 546 g/mol. The average Bonchev–Trinajstić information content (AvgIpc) is 3.38. The Balaban J connectivity index is 1.29. The Morgan fingerprint density at radius 1 is 1.13 bits per heavy atom. The van der Waals surface area contributed by atoms with Gasteiger partial charge >= 0.3 is 6.18 Å². The van der Waals surface area contributed by atoms with Crippen LogP contribution in [0, 0.1) is 0 Å². The summed E-state index contributed by atoms with van der Waals surface area (Å²) < 4.78 is 45.7. The molecule has 10 nitrogen and oxygen atoms in total. The highest BCUT2D eigenvalue weighted by molar-refractivity contribution is 5.96. The van der Waals surface area contributed by atoms with Gasteiger partial charge in [0.2, 0.25) is 0 Å². The van der Waals surface area contributed by atoms with Crippen LogP contribution in [0.2, 0.25) is 0 Å². The number of ether oxygens (including phenoxy) is 1. The molecule has 5 rings (SSSR count). The number of likely N-dealkylation sites (N-methyl/N-ethyl adjacent to an activating group) is 1. The average molecular weight is 547 g/mol. The fourth-order valence-electron chi connectivity index (χ4n) is 5.36. The second-order valence-electron chi connectivity index (χ2n) is 9.99. The molecule has 0 aliphatic carbocycles. The lowest BCUT2D eigenvalue weighted by atomic mass is 10.0. The maximum Gasteiger partial charge on any atom is 0.418 e. The molecule has 2 aliphatic heterocycles. The SMILES string of the molecule is CNc1cc(Nc2ncc(C(=O)N3CCC(N4CCN(C)CC4)CC3)cc2OC)nc2[nH]cc(C(F)(F)F)c12. The van der Waals surface area contributed by atoms with Gasteiger partial charge in [0.1, 0.15) is 11.5 Å². The number of pyridine rings is 2. The molecular weight excluding hydrogens is 513 g/mol. The molecule has 3 aromatic rings. The van der Waals surface area contributed by atoms with Gasteiger partial charge in [0, 0.05) is 76.5 Å². The highest BCUT2D eigenvalue weighted by Gasteiger charge is 2.35. The number of methoxy groups -OCH3 is 1. The minimum Gasteiger partial charge on any atom is -0.493 e. The number of nitrogens with one attached hydrogen (secondary N) is 3. The highest BCUT2D eigenvalue weighted by Crippen LogP contribution is 2.39. The van der Waals surface area contributed by atoms with Crippen molar-refractivity contribution in [3.05, 3.63) is 35.7 Å². The molecule has 0 aromatic carbocycles. The van der Waals surface area contributed by atoms with Crippen molar-refractivity contribution in [3.8, 4) is 5.75 Å². The number of alkyl halides is 3. The van der Waals surface area contributed by atoms with Crippen LogP contribution in [0.4, 0.5) is 30.5 Å². The molecule has 0 bridgehead atoms. The first-order chi connectivity index (χ1) is 18.7. The molecule has 0 saturated carbocycles. The maximum absolute atomic E-state index is 13.4. The Morgan fingerprint density at radius 2 is 1.85 bits per heavy atom. The number of rotatable bonds is 6. The van der Waals surface area contributed by atoms with Crippen LogP contribution >= 0.6 is 0 Å². The van der Waals surface area contributed by atoms with Gasteiger partial charge < -0.3 is 30.2 Å². The van der Waals surface area contributed by atoms with Crippen molar-refractivity contribution in [2.24, 2.45) is 0 Å². The normalized spacial score (nSPS) is 17.9. The standard InChI is InChI=1S/C26H33F3N8O2/c1-30-19-13-21(34-24-22(19)18(15-32-24)26(27,28)29)33-23-20(39-3)12-16(14-31-23)25(38)37-6-4-17(5-7-37)36-10-8-35(2)9-11-36/h12-15,17H,4-11H2,1-3H3,(H3,30,31,32,33,34). The maximum atomic E-state index is 13.4. The van der Waals surface area contributed by atoms with Gasteiger partial charge in [-0.2, -0.15) is 13.2 Å². The van der Waals surface area contributed by atoms with Gasteiger partial charge in [0.15, 0.2) is 11.6 Å². The second-order valence-corrected chi connectivity index (χ2v) is 9.99. The summed E-state index contributed by atoms with van der Waals surface area (Å²) in [7, 11) is 5.15. The van der Waals surface area contributed by atoms with Crippen molar-refractivity contribution in [2.45, 2.75) is 25.1 Å². The number of hydrogen-bond donors (Lipinski definition) is 3. The second kappa shape index (κ2) is 10.9. The van der Waals surface area contributed by atoms with Crippen molar-refractivity contribution < 1.29 is 22.7 Å². The summed E-state index contributed by atoms with van der Waals surface area (Å²) >= 11 is 0. The highest BCUT2D eigenvalue weighted by atomic mass is 19.4. The van der Waals surface area contributed by atoms with Gasteiger partial charge in [-0.25, -0.2) is 9.97 Å². The van der Waals surface area contributed by atoms with Gasteiger partial charge in [-0.3, -0.25) is 9.69 Å². The van der Waals surface area contributed by atoms with E-state index >= 15 is 0 Å². The van der Waals surface area contributed by atoms with E-state index in [4.69, 9.17) is 4.74 Å². The third kappa shape index (κ3) is 5.59. The van der Waals surface area contributed by atoms with Crippen molar-refractivity contribution in [3.63, 3.8) is 0 Å². The zero-order valence-corrected chi connectivity index (χ0v) is 22.2. The predicted molar refractivity (Wildman–Crippen MR) is 143 cm³/mol. The lowest BCUT2D eigenvalue weighted by molar-refractivity contribution is -0.136. The summed E-state index contributed by atoms with van der Waals surface area (Å²) in [6.07, 6.45) is -0.261. The molecule has 39 heavy (non-hydrogen) atoms. The number of piperazine rings is 1. The molecule has 3 N–H and O–H groups in total. The molecule has 0 radical (unpaired) electrons. The van der Waals surface area contributed by atoms with Crippen LogP contribution in [-0.4, -0.2) is 102 Å². The zero-order valence-electron chi connectivity index (χ0n) is 22.2. The summed E-state index contributed by atoms with van der Waals surface area (Å²) in [6, 6.07) is 3.59. The number of likely N-dealkylation sites (tertiary alicyclic amines) is 1. The van der Waals surface area contributed by atoms with Crippen molar-refractivity contribution in [2.75, 3.05) is 71.1 Å². The lowest BCUT2D eigenvalue weighted by Gasteiger charge is -2.42. The summed E-state index contributed by atoms with van der Waals surface area (Å²) in [6.45, 7) is 5.65. The van der Waals surface area contributed by atoms with E-state index in [0.29, 0.717) is 36.3 Å². The lowest BCUT2D eigenvalue weighted by Crippen LogP contribution is -2.52. The van der Waals surface area contributed by atoms with Crippen molar-refractivity contribution >= 4 is 34.3 Å². The number of carbonyl (C=O) groups is 1. The molecule has 210 valence electrons. The Morgan fingerprint density at radius 3 is 2.49 bits per heavy atom. The number of amides is 1. The molecule has 2 saturated heterocycles. The molecule has 5 heterocycles. The van der Waals surface area contributed by atoms with E-state index in [1.54, 1.807) is 13.1 Å². The first kappa shape index (κ1) is 27.0. The molecule has 1 amide bonds. The van der Waals surface area contributed by atoms with E-state index in [9.17, 15) is 18.0 Å². The number of anilines is 3. The Kier molecular flexibility index (Phi) is 7.54. The first-order valence-corrected chi connectivity index (χ1v) is 13.0. The van der Waals surface area contributed by atoms with E-state index in [1.165, 1.54) is 19.4 Å². The zero-order chi connectivity index (χ0) is 27.7. The fraction of sp³-hybridized carbons (Fsp3) is 0.500. The number of halogens is 3. The third-order valence-corrected chi connectivity index (χ3v) is 7.59. The van der Waals surface area contributed by atoms with Gasteiger partial charge in [0.05, 0.1) is 23.6 Å². The van der Waals surface area contributed by atoms with Crippen LogP contribution in [0.25, 0.3) is 11.0 Å².